The second-order valence-electron chi connectivity index (χ2n) is 3.46. The molecule has 0 bridgehead atoms. The van der Waals surface area contributed by atoms with Crippen molar-refractivity contribution in [2.75, 3.05) is 38.0 Å². The molecule has 0 saturated carbocycles. The maximum absolute atomic E-state index is 12.2. The summed E-state index contributed by atoms with van der Waals surface area (Å²) in [4.78, 5) is 0. The van der Waals surface area contributed by atoms with Gasteiger partial charge in [-0.3, -0.25) is 9.12 Å². The number of alkyl halides is 2. The Balaban J connectivity index is 0.000000555. The first-order valence-corrected chi connectivity index (χ1v) is 9.50. The summed E-state index contributed by atoms with van der Waals surface area (Å²) in [5, 5.41) is 6.79. The quantitative estimate of drug-likeness (QED) is 0.374. The summed E-state index contributed by atoms with van der Waals surface area (Å²) in [5.41, 5.74) is 0. The van der Waals surface area contributed by atoms with Gasteiger partial charge in [-0.15, -0.1) is 23.2 Å². The molecule has 0 radical (unpaired) electrons. The van der Waals surface area contributed by atoms with Gasteiger partial charge in [-0.05, 0) is 6.42 Å². The third-order valence-corrected chi connectivity index (χ3v) is 4.60. The van der Waals surface area contributed by atoms with Crippen LogP contribution in [0, 0.1) is 0 Å². The minimum Gasteiger partial charge on any atom is -0.306 e. The van der Waals surface area contributed by atoms with Gasteiger partial charge in [-0.2, -0.15) is 8.42 Å². The van der Waals surface area contributed by atoms with Gasteiger partial charge in [0.25, 0.3) is 0 Å². The van der Waals surface area contributed by atoms with Crippen LogP contribution in [0.25, 0.3) is 0 Å². The summed E-state index contributed by atoms with van der Waals surface area (Å²) in [6.45, 7) is 2.31. The smallest absolute Gasteiger partial charge is 0.306 e. The van der Waals surface area contributed by atoms with Gasteiger partial charge in [0.2, 0.25) is 0 Å². The predicted molar refractivity (Wildman–Crippen MR) is 74.9 cm³/mol. The summed E-state index contributed by atoms with van der Waals surface area (Å²) < 4.78 is 44.4. The molecule has 0 aromatic carbocycles. The monoisotopic (exact) mass is 357 g/mol. The van der Waals surface area contributed by atoms with E-state index in [9.17, 15) is 4.57 Å². The van der Waals surface area contributed by atoms with Gasteiger partial charge in [0, 0.05) is 31.4 Å². The fourth-order valence-corrected chi connectivity index (χ4v) is 3.92. The van der Waals surface area contributed by atoms with E-state index in [1.165, 1.54) is 0 Å². The van der Waals surface area contributed by atoms with Gasteiger partial charge in [0.05, 0.1) is 6.61 Å². The maximum atomic E-state index is 12.2. The maximum Gasteiger partial charge on any atom is 0.343 e. The van der Waals surface area contributed by atoms with Crippen LogP contribution in [-0.2, 0) is 19.4 Å². The molecule has 1 atom stereocenters. The van der Waals surface area contributed by atoms with Gasteiger partial charge in [0.1, 0.15) is 0 Å². The number of hydrogen-bond acceptors (Lipinski definition) is 4. The number of nitrogens with two attached hydrogens (primary N) is 1. The molecule has 1 unspecified atom stereocenters. The summed E-state index contributed by atoms with van der Waals surface area (Å²) in [6, 6.07) is 0. The molecular formula is C7H18Cl2N3O5PS. The van der Waals surface area contributed by atoms with Gasteiger partial charge >= 0.3 is 18.0 Å². The molecule has 1 heterocycles. The normalized spacial score (nSPS) is 23.8. The molecule has 1 aliphatic heterocycles. The lowest BCUT2D eigenvalue weighted by Gasteiger charge is -2.33. The van der Waals surface area contributed by atoms with E-state index in [2.05, 4.69) is 10.2 Å². The molecule has 1 aliphatic rings. The topological polar surface area (TPSA) is 122 Å². The fourth-order valence-electron chi connectivity index (χ4n) is 1.28. The Hall–Kier alpha value is 0.560. The summed E-state index contributed by atoms with van der Waals surface area (Å²) in [5.74, 6) is 0.845. The average molecular weight is 358 g/mol. The van der Waals surface area contributed by atoms with Crippen LogP contribution in [0.3, 0.4) is 0 Å². The zero-order valence-corrected chi connectivity index (χ0v) is 13.4. The Morgan fingerprint density at radius 2 is 1.84 bits per heavy atom. The lowest BCUT2D eigenvalue weighted by molar-refractivity contribution is 0.233. The number of hydrogen-bond donors (Lipinski definition) is 3. The van der Waals surface area contributed by atoms with E-state index in [0.717, 1.165) is 13.0 Å². The molecule has 1 saturated heterocycles. The van der Waals surface area contributed by atoms with Crippen LogP contribution >= 0.6 is 30.9 Å². The lowest BCUT2D eigenvalue weighted by atomic mass is 10.5. The highest BCUT2D eigenvalue weighted by Gasteiger charge is 2.32. The van der Waals surface area contributed by atoms with Crippen molar-refractivity contribution < 1.29 is 22.1 Å². The third kappa shape index (κ3) is 10.0. The van der Waals surface area contributed by atoms with Crippen LogP contribution in [0.15, 0.2) is 0 Å². The first-order chi connectivity index (χ1) is 8.73. The summed E-state index contributed by atoms with van der Waals surface area (Å²) in [7, 11) is -7.01. The number of rotatable bonds is 5. The van der Waals surface area contributed by atoms with Crippen molar-refractivity contribution in [1.82, 2.24) is 9.76 Å². The molecule has 0 spiro atoms. The lowest BCUT2D eigenvalue weighted by Crippen LogP contribution is -2.35. The minimum atomic E-state index is -4.17. The Morgan fingerprint density at radius 1 is 1.37 bits per heavy atom. The van der Waals surface area contributed by atoms with Gasteiger partial charge in [-0.1, -0.05) is 0 Å². The van der Waals surface area contributed by atoms with E-state index in [-0.39, 0.29) is 0 Å². The Morgan fingerprint density at radius 3 is 2.16 bits per heavy atom. The van der Waals surface area contributed by atoms with Crippen molar-refractivity contribution in [2.45, 2.75) is 6.42 Å². The van der Waals surface area contributed by atoms with E-state index in [4.69, 9.17) is 40.7 Å². The van der Waals surface area contributed by atoms with E-state index < -0.39 is 18.0 Å². The van der Waals surface area contributed by atoms with Gasteiger partial charge in [0.15, 0.2) is 0 Å². The molecule has 1 rings (SSSR count). The highest BCUT2D eigenvalue weighted by atomic mass is 35.5. The van der Waals surface area contributed by atoms with Gasteiger partial charge < -0.3 is 4.52 Å². The summed E-state index contributed by atoms with van der Waals surface area (Å²) in [6.07, 6.45) is 0.888. The molecule has 0 aliphatic carbocycles. The standard InChI is InChI=1S/C7H15Cl2N2O2P.H3NO3S/c8-2-5-11(6-3-9)14(12)10-4-1-7-13-14;1-5(2,3)4/h1-7H2,(H,10,12);(H3,1,2,3,4). The number of nitrogens with zero attached hydrogens (tertiary/aromatic N) is 1. The molecule has 0 amide bonds. The van der Waals surface area contributed by atoms with Crippen LogP contribution in [0.1, 0.15) is 6.42 Å². The zero-order chi connectivity index (χ0) is 14.9. The molecule has 4 N–H and O–H groups in total. The highest BCUT2D eigenvalue weighted by Crippen LogP contribution is 2.47. The Bertz CT molecular complexity index is 372. The molecule has 8 nitrogen and oxygen atoms in total. The van der Waals surface area contributed by atoms with E-state index in [1.807, 2.05) is 0 Å². The van der Waals surface area contributed by atoms with Crippen molar-refractivity contribution in [2.24, 2.45) is 5.14 Å². The summed E-state index contributed by atoms with van der Waals surface area (Å²) >= 11 is 11.2. The molecular weight excluding hydrogens is 340 g/mol. The van der Waals surface area contributed by atoms with Crippen molar-refractivity contribution in [3.05, 3.63) is 0 Å². The zero-order valence-electron chi connectivity index (χ0n) is 10.2. The van der Waals surface area contributed by atoms with Crippen LogP contribution < -0.4 is 10.2 Å². The van der Waals surface area contributed by atoms with E-state index in [0.29, 0.717) is 31.5 Å². The molecule has 12 heteroatoms. The second kappa shape index (κ2) is 9.49. The first kappa shape index (κ1) is 19.6. The van der Waals surface area contributed by atoms with Crippen LogP contribution in [0.4, 0.5) is 0 Å². The molecule has 0 aromatic heterocycles. The second-order valence-corrected chi connectivity index (χ2v) is 7.43. The molecule has 116 valence electrons. The SMILES string of the molecule is NS(=O)(=O)O.O=P1(N(CCCl)CCCl)NCCCO1. The molecule has 0 aromatic rings. The first-order valence-electron chi connectivity index (χ1n) is 5.35. The van der Waals surface area contributed by atoms with Crippen LogP contribution in [-0.4, -0.2) is 55.6 Å². The van der Waals surface area contributed by atoms with E-state index >= 15 is 0 Å². The van der Waals surface area contributed by atoms with Crippen molar-refractivity contribution >= 4 is 41.2 Å². The highest BCUT2D eigenvalue weighted by molar-refractivity contribution is 7.83. The van der Waals surface area contributed by atoms with Crippen LogP contribution in [0.2, 0.25) is 0 Å². The number of nitrogens with one attached hydrogen (secondary N) is 1. The Kier molecular flexibility index (Phi) is 9.77. The fraction of sp³-hybridized carbons (Fsp3) is 1.00. The van der Waals surface area contributed by atoms with E-state index in [1.54, 1.807) is 4.67 Å². The molecule has 19 heavy (non-hydrogen) atoms. The van der Waals surface area contributed by atoms with Crippen molar-refractivity contribution in [3.63, 3.8) is 0 Å². The average Bonchev–Trinajstić information content (AvgIpc) is 2.27. The largest absolute Gasteiger partial charge is 0.343 e. The third-order valence-electron chi connectivity index (χ3n) is 1.96. The van der Waals surface area contributed by atoms with Crippen molar-refractivity contribution in [1.29, 1.82) is 0 Å². The van der Waals surface area contributed by atoms with Crippen LogP contribution in [0.5, 0.6) is 0 Å². The van der Waals surface area contributed by atoms with Gasteiger partial charge in [-0.25, -0.2) is 14.9 Å². The number of halogens is 2. The Labute approximate surface area is 123 Å². The molecule has 1 fully saturated rings. The van der Waals surface area contributed by atoms with Crippen molar-refractivity contribution in [3.8, 4) is 0 Å². The minimum absolute atomic E-state index is 0.423. The predicted octanol–water partition coefficient (Wildman–Crippen LogP) is 0.632.